The van der Waals surface area contributed by atoms with E-state index in [2.05, 4.69) is 10.6 Å². The summed E-state index contributed by atoms with van der Waals surface area (Å²) in [5, 5.41) is 5.50. The Morgan fingerprint density at radius 2 is 1.94 bits per heavy atom. The van der Waals surface area contributed by atoms with Crippen LogP contribution in [-0.2, 0) is 20.9 Å². The van der Waals surface area contributed by atoms with Crippen LogP contribution >= 0.6 is 0 Å². The smallest absolute Gasteiger partial charge is 0.411 e. The van der Waals surface area contributed by atoms with Crippen LogP contribution in [-0.4, -0.2) is 30.6 Å². The van der Waals surface area contributed by atoms with Gasteiger partial charge in [0.2, 0.25) is 0 Å². The zero-order valence-electron chi connectivity index (χ0n) is 16.8. The zero-order chi connectivity index (χ0) is 22.4. The van der Waals surface area contributed by atoms with Crippen LogP contribution in [0.25, 0.3) is 11.0 Å². The van der Waals surface area contributed by atoms with E-state index in [0.717, 1.165) is 0 Å². The SMILES string of the molecule is CCOC(=O)Nc1ccc2c(COC(=O)C(C)NC(=O)c3ccco3)cc(=O)oc2c1. The maximum Gasteiger partial charge on any atom is 0.411 e. The Morgan fingerprint density at radius 1 is 1.13 bits per heavy atom. The molecule has 0 fully saturated rings. The van der Waals surface area contributed by atoms with Gasteiger partial charge in [-0.1, -0.05) is 0 Å². The number of benzene rings is 1. The van der Waals surface area contributed by atoms with E-state index in [0.29, 0.717) is 16.6 Å². The number of anilines is 1. The van der Waals surface area contributed by atoms with E-state index >= 15 is 0 Å². The predicted molar refractivity (Wildman–Crippen MR) is 109 cm³/mol. The van der Waals surface area contributed by atoms with Gasteiger partial charge >= 0.3 is 17.7 Å². The number of nitrogens with one attached hydrogen (secondary N) is 2. The molecule has 0 aliphatic rings. The van der Waals surface area contributed by atoms with Gasteiger partial charge in [-0.2, -0.15) is 0 Å². The molecular weight excluding hydrogens is 408 g/mol. The summed E-state index contributed by atoms with van der Waals surface area (Å²) in [5.74, 6) is -1.18. The van der Waals surface area contributed by atoms with Crippen molar-refractivity contribution in [1.29, 1.82) is 0 Å². The summed E-state index contributed by atoms with van der Waals surface area (Å²) in [4.78, 5) is 47.7. The van der Waals surface area contributed by atoms with Gasteiger partial charge in [0.15, 0.2) is 5.76 Å². The topological polar surface area (TPSA) is 137 Å². The molecule has 1 unspecified atom stereocenters. The number of furan rings is 1. The monoisotopic (exact) mass is 428 g/mol. The number of ether oxygens (including phenoxy) is 2. The van der Waals surface area contributed by atoms with E-state index in [1.54, 1.807) is 25.1 Å². The molecule has 2 amide bonds. The summed E-state index contributed by atoms with van der Waals surface area (Å²) >= 11 is 0. The van der Waals surface area contributed by atoms with Crippen molar-refractivity contribution < 1.29 is 32.7 Å². The van der Waals surface area contributed by atoms with Gasteiger partial charge in [0.25, 0.3) is 5.91 Å². The first-order valence-corrected chi connectivity index (χ1v) is 9.39. The van der Waals surface area contributed by atoms with Crippen LogP contribution in [0, 0.1) is 0 Å². The second-order valence-corrected chi connectivity index (χ2v) is 6.43. The largest absolute Gasteiger partial charge is 0.459 e. The minimum Gasteiger partial charge on any atom is -0.459 e. The molecule has 2 N–H and O–H groups in total. The lowest BCUT2D eigenvalue weighted by Crippen LogP contribution is -2.39. The van der Waals surface area contributed by atoms with Crippen molar-refractivity contribution in [1.82, 2.24) is 5.32 Å². The lowest BCUT2D eigenvalue weighted by Gasteiger charge is -2.13. The fraction of sp³-hybridized carbons (Fsp3) is 0.238. The molecule has 3 rings (SSSR count). The summed E-state index contributed by atoms with van der Waals surface area (Å²) in [6, 6.07) is 7.96. The second-order valence-electron chi connectivity index (χ2n) is 6.43. The minimum absolute atomic E-state index is 0.0681. The third kappa shape index (κ3) is 5.50. The molecule has 1 aromatic carbocycles. The van der Waals surface area contributed by atoms with Gasteiger partial charge < -0.3 is 23.6 Å². The quantitative estimate of drug-likeness (QED) is 0.433. The van der Waals surface area contributed by atoms with Crippen molar-refractivity contribution in [3.05, 3.63) is 64.4 Å². The highest BCUT2D eigenvalue weighted by molar-refractivity contribution is 5.94. The predicted octanol–water partition coefficient (Wildman–Crippen LogP) is 2.82. The molecule has 0 aliphatic heterocycles. The van der Waals surface area contributed by atoms with Crippen LogP contribution in [0.5, 0.6) is 0 Å². The van der Waals surface area contributed by atoms with E-state index in [9.17, 15) is 19.2 Å². The molecule has 31 heavy (non-hydrogen) atoms. The summed E-state index contributed by atoms with van der Waals surface area (Å²) in [6.45, 7) is 3.14. The second kappa shape index (κ2) is 9.61. The molecule has 1 atom stereocenters. The number of amides is 2. The van der Waals surface area contributed by atoms with Crippen LogP contribution in [0.2, 0.25) is 0 Å². The van der Waals surface area contributed by atoms with Crippen molar-refractivity contribution in [2.24, 2.45) is 0 Å². The van der Waals surface area contributed by atoms with E-state index < -0.39 is 29.6 Å². The number of hydrogen-bond acceptors (Lipinski definition) is 8. The minimum atomic E-state index is -0.940. The third-order valence-corrected chi connectivity index (χ3v) is 4.17. The van der Waals surface area contributed by atoms with Gasteiger partial charge in [0, 0.05) is 28.8 Å². The lowest BCUT2D eigenvalue weighted by molar-refractivity contribution is -0.146. The standard InChI is InChI=1S/C21H20N2O8/c1-3-28-21(27)23-14-6-7-15-13(9-18(24)31-17(15)10-14)11-30-20(26)12(2)22-19(25)16-5-4-8-29-16/h4-10,12H,3,11H2,1-2H3,(H,22,25)(H,23,27). The Hall–Kier alpha value is -4.08. The van der Waals surface area contributed by atoms with Gasteiger partial charge in [0.05, 0.1) is 12.9 Å². The van der Waals surface area contributed by atoms with Crippen molar-refractivity contribution in [2.45, 2.75) is 26.5 Å². The van der Waals surface area contributed by atoms with E-state index in [1.807, 2.05) is 0 Å². The zero-order valence-corrected chi connectivity index (χ0v) is 16.8. The summed E-state index contributed by atoms with van der Waals surface area (Å²) < 4.78 is 20.2. The highest BCUT2D eigenvalue weighted by Gasteiger charge is 2.20. The van der Waals surface area contributed by atoms with Crippen molar-refractivity contribution >= 4 is 34.6 Å². The molecule has 10 nitrogen and oxygen atoms in total. The molecule has 0 radical (unpaired) electrons. The first kappa shape index (κ1) is 21.6. The number of carbonyl (C=O) groups excluding carboxylic acids is 3. The van der Waals surface area contributed by atoms with Crippen LogP contribution < -0.4 is 16.3 Å². The lowest BCUT2D eigenvalue weighted by atomic mass is 10.1. The molecule has 0 saturated carbocycles. The fourth-order valence-electron chi connectivity index (χ4n) is 2.72. The molecule has 162 valence electrons. The first-order valence-electron chi connectivity index (χ1n) is 9.39. The molecule has 0 saturated heterocycles. The number of carbonyl (C=O) groups is 3. The van der Waals surface area contributed by atoms with Gasteiger partial charge in [-0.05, 0) is 38.1 Å². The Bertz CT molecular complexity index is 1150. The summed E-state index contributed by atoms with van der Waals surface area (Å²) in [7, 11) is 0. The van der Waals surface area contributed by atoms with Crippen LogP contribution in [0.4, 0.5) is 10.5 Å². The molecule has 0 bridgehead atoms. The molecule has 2 aromatic heterocycles. The number of rotatable bonds is 7. The van der Waals surface area contributed by atoms with E-state index in [1.165, 1.54) is 31.4 Å². The average molecular weight is 428 g/mol. The Labute approximate surface area is 176 Å². The van der Waals surface area contributed by atoms with Crippen LogP contribution in [0.15, 0.2) is 56.3 Å². The van der Waals surface area contributed by atoms with Crippen LogP contribution in [0.3, 0.4) is 0 Å². The number of fused-ring (bicyclic) bond motifs is 1. The van der Waals surface area contributed by atoms with Crippen molar-refractivity contribution in [3.63, 3.8) is 0 Å². The Morgan fingerprint density at radius 3 is 2.65 bits per heavy atom. The van der Waals surface area contributed by atoms with Gasteiger partial charge in [-0.3, -0.25) is 10.1 Å². The highest BCUT2D eigenvalue weighted by atomic mass is 16.5. The normalized spacial score (nSPS) is 11.5. The number of hydrogen-bond donors (Lipinski definition) is 2. The summed E-state index contributed by atoms with van der Waals surface area (Å²) in [5.41, 5.74) is 0.336. The third-order valence-electron chi connectivity index (χ3n) is 4.17. The van der Waals surface area contributed by atoms with E-state index in [4.69, 9.17) is 18.3 Å². The van der Waals surface area contributed by atoms with Gasteiger partial charge in [0.1, 0.15) is 18.2 Å². The molecule has 3 aromatic rings. The molecule has 10 heteroatoms. The van der Waals surface area contributed by atoms with Crippen molar-refractivity contribution in [2.75, 3.05) is 11.9 Å². The Kier molecular flexibility index (Phi) is 6.71. The fourth-order valence-corrected chi connectivity index (χ4v) is 2.72. The summed E-state index contributed by atoms with van der Waals surface area (Å²) in [6.07, 6.45) is 0.706. The first-order chi connectivity index (χ1) is 14.9. The molecule has 2 heterocycles. The molecular formula is C21H20N2O8. The van der Waals surface area contributed by atoms with Gasteiger partial charge in [-0.25, -0.2) is 14.4 Å². The Balaban J connectivity index is 1.69. The molecule has 0 aliphatic carbocycles. The maximum absolute atomic E-state index is 12.2. The van der Waals surface area contributed by atoms with Crippen LogP contribution in [0.1, 0.15) is 30.0 Å². The van der Waals surface area contributed by atoms with Crippen molar-refractivity contribution in [3.8, 4) is 0 Å². The highest BCUT2D eigenvalue weighted by Crippen LogP contribution is 2.22. The van der Waals surface area contributed by atoms with E-state index in [-0.39, 0.29) is 24.6 Å². The average Bonchev–Trinajstić information content (AvgIpc) is 3.26. The molecule has 0 spiro atoms. The number of esters is 1. The maximum atomic E-state index is 12.2. The van der Waals surface area contributed by atoms with Gasteiger partial charge in [-0.15, -0.1) is 0 Å².